The maximum absolute atomic E-state index is 11.5. The second kappa shape index (κ2) is 7.37. The van der Waals surface area contributed by atoms with Gasteiger partial charge in [0.15, 0.2) is 0 Å². The summed E-state index contributed by atoms with van der Waals surface area (Å²) < 4.78 is 5.74. The van der Waals surface area contributed by atoms with Crippen molar-refractivity contribution in [2.45, 2.75) is 6.54 Å². The molecular formula is C17H21N5O2. The molecule has 7 nitrogen and oxygen atoms in total. The van der Waals surface area contributed by atoms with Crippen LogP contribution in [0.25, 0.3) is 0 Å². The van der Waals surface area contributed by atoms with Gasteiger partial charge in [0.1, 0.15) is 11.6 Å². The standard InChI is InChI=1S/C17H21N5O2/c1-21-8-10-22(11-9-21)12-15-19-7-6-16(20-15)24-14-5-3-2-4-13(14)17(18)23/h2-7H,8-12H2,1H3,(H2,18,23). The van der Waals surface area contributed by atoms with Gasteiger partial charge in [-0.05, 0) is 19.2 Å². The fourth-order valence-electron chi connectivity index (χ4n) is 2.59. The SMILES string of the molecule is CN1CCN(Cc2nccc(Oc3ccccc3C(N)=O)n2)CC1. The molecule has 1 saturated heterocycles. The van der Waals surface area contributed by atoms with Crippen LogP contribution in [0.5, 0.6) is 11.6 Å². The Hall–Kier alpha value is -2.51. The molecule has 0 aliphatic carbocycles. The molecule has 0 atom stereocenters. The van der Waals surface area contributed by atoms with E-state index in [1.165, 1.54) is 0 Å². The van der Waals surface area contributed by atoms with Crippen molar-refractivity contribution in [1.29, 1.82) is 0 Å². The summed E-state index contributed by atoms with van der Waals surface area (Å²) in [6, 6.07) is 8.53. The van der Waals surface area contributed by atoms with Crippen LogP contribution < -0.4 is 10.5 Å². The van der Waals surface area contributed by atoms with E-state index in [0.29, 0.717) is 29.6 Å². The summed E-state index contributed by atoms with van der Waals surface area (Å²) >= 11 is 0. The first-order valence-corrected chi connectivity index (χ1v) is 7.91. The number of likely N-dealkylation sites (N-methyl/N-ethyl adjacent to an activating group) is 1. The Balaban J connectivity index is 1.71. The minimum Gasteiger partial charge on any atom is -0.438 e. The molecule has 0 spiro atoms. The van der Waals surface area contributed by atoms with E-state index in [0.717, 1.165) is 26.2 Å². The predicted octanol–water partition coefficient (Wildman–Crippen LogP) is 1.12. The fraction of sp³-hybridized carbons (Fsp3) is 0.353. The van der Waals surface area contributed by atoms with Crippen molar-refractivity contribution in [1.82, 2.24) is 19.8 Å². The monoisotopic (exact) mass is 327 g/mol. The van der Waals surface area contributed by atoms with Crippen LogP contribution >= 0.6 is 0 Å². The van der Waals surface area contributed by atoms with Gasteiger partial charge in [0.2, 0.25) is 5.88 Å². The van der Waals surface area contributed by atoms with Gasteiger partial charge < -0.3 is 15.4 Å². The third-order valence-corrected chi connectivity index (χ3v) is 4.01. The van der Waals surface area contributed by atoms with Crippen LogP contribution in [0.3, 0.4) is 0 Å². The molecule has 1 aromatic carbocycles. The lowest BCUT2D eigenvalue weighted by atomic mass is 10.2. The van der Waals surface area contributed by atoms with Crippen LogP contribution in [-0.2, 0) is 6.54 Å². The van der Waals surface area contributed by atoms with Gasteiger partial charge in [-0.2, -0.15) is 4.98 Å². The summed E-state index contributed by atoms with van der Waals surface area (Å²) in [6.45, 7) is 4.76. The van der Waals surface area contributed by atoms with Gasteiger partial charge in [-0.1, -0.05) is 12.1 Å². The average Bonchev–Trinajstić information content (AvgIpc) is 2.58. The van der Waals surface area contributed by atoms with Crippen molar-refractivity contribution in [3.05, 3.63) is 47.9 Å². The van der Waals surface area contributed by atoms with Gasteiger partial charge in [0, 0.05) is 38.4 Å². The summed E-state index contributed by atoms with van der Waals surface area (Å²) in [4.78, 5) is 24.8. The summed E-state index contributed by atoms with van der Waals surface area (Å²) in [7, 11) is 2.12. The number of rotatable bonds is 5. The number of para-hydroxylation sites is 1. The number of hydrogen-bond acceptors (Lipinski definition) is 6. The lowest BCUT2D eigenvalue weighted by Crippen LogP contribution is -2.44. The number of piperazine rings is 1. The summed E-state index contributed by atoms with van der Waals surface area (Å²) in [5.74, 6) is 0.975. The number of benzene rings is 1. The summed E-state index contributed by atoms with van der Waals surface area (Å²) in [5.41, 5.74) is 5.70. The van der Waals surface area contributed by atoms with Crippen molar-refractivity contribution in [2.75, 3.05) is 33.2 Å². The molecule has 1 fully saturated rings. The number of primary amides is 1. The van der Waals surface area contributed by atoms with Crippen LogP contribution in [0.15, 0.2) is 36.5 Å². The molecule has 0 bridgehead atoms. The largest absolute Gasteiger partial charge is 0.438 e. The first kappa shape index (κ1) is 16.4. The number of hydrogen-bond donors (Lipinski definition) is 1. The van der Waals surface area contributed by atoms with Gasteiger partial charge in [0.05, 0.1) is 12.1 Å². The van der Waals surface area contributed by atoms with Crippen LogP contribution in [-0.4, -0.2) is 58.9 Å². The Kier molecular flexibility index (Phi) is 5.02. The van der Waals surface area contributed by atoms with Gasteiger partial charge >= 0.3 is 0 Å². The highest BCUT2D eigenvalue weighted by atomic mass is 16.5. The quantitative estimate of drug-likeness (QED) is 0.886. The van der Waals surface area contributed by atoms with Gasteiger partial charge in [-0.15, -0.1) is 0 Å². The van der Waals surface area contributed by atoms with E-state index in [2.05, 4.69) is 26.8 Å². The number of ether oxygens (including phenoxy) is 1. The molecule has 2 aromatic rings. The summed E-state index contributed by atoms with van der Waals surface area (Å²) in [6.07, 6.45) is 1.67. The van der Waals surface area contributed by atoms with E-state index < -0.39 is 5.91 Å². The van der Waals surface area contributed by atoms with E-state index in [9.17, 15) is 4.79 Å². The number of carbonyl (C=O) groups is 1. The highest BCUT2D eigenvalue weighted by molar-refractivity contribution is 5.95. The smallest absolute Gasteiger partial charge is 0.252 e. The van der Waals surface area contributed by atoms with E-state index in [1.54, 1.807) is 36.5 Å². The highest BCUT2D eigenvalue weighted by Crippen LogP contribution is 2.23. The molecule has 3 rings (SSSR count). The Morgan fingerprint density at radius 3 is 2.71 bits per heavy atom. The molecule has 0 unspecified atom stereocenters. The van der Waals surface area contributed by atoms with Gasteiger partial charge in [-0.3, -0.25) is 9.69 Å². The van der Waals surface area contributed by atoms with Crippen LogP contribution in [0, 0.1) is 0 Å². The molecule has 126 valence electrons. The second-order valence-corrected chi connectivity index (χ2v) is 5.85. The predicted molar refractivity (Wildman–Crippen MR) is 89.8 cm³/mol. The molecule has 7 heteroatoms. The zero-order chi connectivity index (χ0) is 16.9. The zero-order valence-electron chi connectivity index (χ0n) is 13.7. The third-order valence-electron chi connectivity index (χ3n) is 4.01. The molecule has 1 aliphatic rings. The van der Waals surface area contributed by atoms with Crippen molar-refractivity contribution >= 4 is 5.91 Å². The Morgan fingerprint density at radius 1 is 1.21 bits per heavy atom. The highest BCUT2D eigenvalue weighted by Gasteiger charge is 2.16. The average molecular weight is 327 g/mol. The van der Waals surface area contributed by atoms with E-state index in [1.807, 2.05) is 0 Å². The molecule has 1 aromatic heterocycles. The van der Waals surface area contributed by atoms with Crippen molar-refractivity contribution in [2.24, 2.45) is 5.73 Å². The number of carbonyl (C=O) groups excluding carboxylic acids is 1. The lowest BCUT2D eigenvalue weighted by molar-refractivity contribution is 0.0998. The van der Waals surface area contributed by atoms with Crippen molar-refractivity contribution in [3.63, 3.8) is 0 Å². The number of aromatic nitrogens is 2. The number of amides is 1. The molecule has 1 aliphatic heterocycles. The molecular weight excluding hydrogens is 306 g/mol. The zero-order valence-corrected chi connectivity index (χ0v) is 13.7. The Morgan fingerprint density at radius 2 is 1.96 bits per heavy atom. The summed E-state index contributed by atoms with van der Waals surface area (Å²) in [5, 5.41) is 0. The topological polar surface area (TPSA) is 84.6 Å². The van der Waals surface area contributed by atoms with Crippen LogP contribution in [0.1, 0.15) is 16.2 Å². The molecule has 0 saturated carbocycles. The fourth-order valence-corrected chi connectivity index (χ4v) is 2.59. The maximum atomic E-state index is 11.5. The molecule has 2 heterocycles. The van der Waals surface area contributed by atoms with E-state index in [4.69, 9.17) is 10.5 Å². The first-order chi connectivity index (χ1) is 11.6. The minimum absolute atomic E-state index is 0.330. The Bertz CT molecular complexity index is 714. The van der Waals surface area contributed by atoms with Gasteiger partial charge in [-0.25, -0.2) is 4.98 Å². The third kappa shape index (κ3) is 4.06. The lowest BCUT2D eigenvalue weighted by Gasteiger charge is -2.31. The van der Waals surface area contributed by atoms with Gasteiger partial charge in [0.25, 0.3) is 5.91 Å². The normalized spacial score (nSPS) is 16.0. The van der Waals surface area contributed by atoms with E-state index in [-0.39, 0.29) is 0 Å². The number of nitrogens with zero attached hydrogens (tertiary/aromatic N) is 4. The van der Waals surface area contributed by atoms with Crippen LogP contribution in [0.4, 0.5) is 0 Å². The maximum Gasteiger partial charge on any atom is 0.252 e. The molecule has 24 heavy (non-hydrogen) atoms. The first-order valence-electron chi connectivity index (χ1n) is 7.91. The molecule has 1 amide bonds. The van der Waals surface area contributed by atoms with Crippen molar-refractivity contribution in [3.8, 4) is 11.6 Å². The molecule has 0 radical (unpaired) electrons. The minimum atomic E-state index is -0.530. The second-order valence-electron chi connectivity index (χ2n) is 5.85. The van der Waals surface area contributed by atoms with Crippen LogP contribution in [0.2, 0.25) is 0 Å². The van der Waals surface area contributed by atoms with E-state index >= 15 is 0 Å². The number of nitrogens with two attached hydrogens (primary N) is 1. The molecule has 2 N–H and O–H groups in total. The Labute approximate surface area is 141 Å². The van der Waals surface area contributed by atoms with Crippen molar-refractivity contribution < 1.29 is 9.53 Å².